The van der Waals surface area contributed by atoms with E-state index in [1.165, 1.54) is 25.6 Å². The fourth-order valence-electron chi connectivity index (χ4n) is 5.25. The lowest BCUT2D eigenvalue weighted by molar-refractivity contribution is -0.439. The molecular formula is C34H36ClN10O11S2+. The first kappa shape index (κ1) is 42.6. The maximum absolute atomic E-state index is 13.5. The van der Waals surface area contributed by atoms with Crippen LogP contribution in [0.25, 0.3) is 0 Å². The number of fused-ring (bicyclic) bond motifs is 1. The SMILES string of the molecule is CC(C)(O/N=C(\C(=O)N[C@@H]1C(=O)N2C(C(=O)O)=C(/C=C/C[N+]3=C/C(NCCNC(=O)c4cc(=O)c(O)cn4O)=C(N)\C=C\C=C3)CSC12)c1nc(N)sc1Cl)C(=O)O. The molecule has 2 aromatic rings. The van der Waals surface area contributed by atoms with Gasteiger partial charge in [-0.2, -0.15) is 9.31 Å². The number of aromatic nitrogens is 2. The molecule has 0 aliphatic carbocycles. The molecule has 2 atom stereocenters. The van der Waals surface area contributed by atoms with Crippen LogP contribution in [0, 0.1) is 0 Å². The summed E-state index contributed by atoms with van der Waals surface area (Å²) in [5.74, 6) is -5.81. The van der Waals surface area contributed by atoms with Crippen molar-refractivity contribution in [1.29, 1.82) is 0 Å². The van der Waals surface area contributed by atoms with E-state index in [-0.39, 0.29) is 51.9 Å². The Hall–Kier alpha value is -6.59. The molecule has 0 bridgehead atoms. The van der Waals surface area contributed by atoms with Crippen LogP contribution in [-0.4, -0.2) is 124 Å². The first-order valence-corrected chi connectivity index (χ1v) is 19.1. The van der Waals surface area contributed by atoms with Gasteiger partial charge in [0.2, 0.25) is 11.0 Å². The molecule has 3 amide bonds. The number of rotatable bonds is 15. The number of thiazole rings is 1. The Balaban J connectivity index is 1.25. The van der Waals surface area contributed by atoms with Crippen molar-refractivity contribution in [3.8, 4) is 5.75 Å². The smallest absolute Gasteiger partial charge is 0.352 e. The van der Waals surface area contributed by atoms with E-state index in [4.69, 9.17) is 27.9 Å². The number of nitrogens with two attached hydrogens (primary N) is 2. The number of hydrogen-bond acceptors (Lipinski definition) is 16. The summed E-state index contributed by atoms with van der Waals surface area (Å²) in [7, 11) is 0. The summed E-state index contributed by atoms with van der Waals surface area (Å²) in [6.07, 6.45) is 12.4. The Bertz CT molecular complexity index is 2340. The van der Waals surface area contributed by atoms with Gasteiger partial charge in [-0.3, -0.25) is 24.1 Å². The Morgan fingerprint density at radius 2 is 1.93 bits per heavy atom. The summed E-state index contributed by atoms with van der Waals surface area (Å²) >= 11 is 8.23. The van der Waals surface area contributed by atoms with Gasteiger partial charge in [0.05, 0.1) is 11.9 Å². The van der Waals surface area contributed by atoms with Crippen LogP contribution in [0.1, 0.15) is 30.0 Å². The largest absolute Gasteiger partial charge is 0.503 e. The molecular weight excluding hydrogens is 824 g/mol. The number of oxime groups is 1. The second kappa shape index (κ2) is 17.7. The number of aromatic hydroxyl groups is 1. The third-order valence-electron chi connectivity index (χ3n) is 8.28. The highest BCUT2D eigenvalue weighted by atomic mass is 35.5. The summed E-state index contributed by atoms with van der Waals surface area (Å²) in [6.45, 7) is 2.83. The zero-order valence-electron chi connectivity index (χ0n) is 30.4. The summed E-state index contributed by atoms with van der Waals surface area (Å²) in [5, 5.41) is 49.9. The quantitative estimate of drug-likeness (QED) is 0.0278. The summed E-state index contributed by atoms with van der Waals surface area (Å²) in [5.41, 5.74) is 9.00. The Morgan fingerprint density at radius 3 is 2.60 bits per heavy atom. The van der Waals surface area contributed by atoms with E-state index in [9.17, 15) is 49.3 Å². The molecule has 1 unspecified atom stereocenters. The van der Waals surface area contributed by atoms with Gasteiger partial charge in [0.1, 0.15) is 38.5 Å². The number of pyridine rings is 1. The number of carboxylic acid groups (broad SMARTS) is 2. The minimum atomic E-state index is -1.86. The van der Waals surface area contributed by atoms with Crippen LogP contribution in [0.3, 0.4) is 0 Å². The maximum Gasteiger partial charge on any atom is 0.352 e. The number of halogens is 1. The van der Waals surface area contributed by atoms with Gasteiger partial charge in [-0.1, -0.05) is 40.2 Å². The fourth-order valence-corrected chi connectivity index (χ4v) is 7.50. The van der Waals surface area contributed by atoms with E-state index >= 15 is 0 Å². The van der Waals surface area contributed by atoms with Crippen LogP contribution in [0.4, 0.5) is 5.13 Å². The second-order valence-electron chi connectivity index (χ2n) is 12.8. The molecule has 2 aromatic heterocycles. The van der Waals surface area contributed by atoms with Gasteiger partial charge < -0.3 is 52.8 Å². The number of nitrogens with one attached hydrogen (secondary N) is 3. The topological polar surface area (TPSA) is 317 Å². The molecule has 24 heteroatoms. The Kier molecular flexibility index (Phi) is 13.0. The third-order valence-corrected chi connectivity index (χ3v) is 10.7. The number of nitrogen functional groups attached to an aromatic ring is 1. The lowest BCUT2D eigenvalue weighted by Crippen LogP contribution is -2.71. The molecule has 21 nitrogen and oxygen atoms in total. The average Bonchev–Trinajstić information content (AvgIpc) is 3.49. The number of thioether (sulfide) groups is 1. The number of β-lactam (4-membered cyclic amide) rings is 1. The van der Waals surface area contributed by atoms with Crippen molar-refractivity contribution >= 4 is 81.4 Å². The van der Waals surface area contributed by atoms with Crippen molar-refractivity contribution in [2.24, 2.45) is 10.9 Å². The lowest BCUT2D eigenvalue weighted by atomic mass is 10.0. The van der Waals surface area contributed by atoms with Gasteiger partial charge in [0.15, 0.2) is 35.6 Å². The normalized spacial score (nSPS) is 20.1. The molecule has 306 valence electrons. The monoisotopic (exact) mass is 859 g/mol. The van der Waals surface area contributed by atoms with Crippen molar-refractivity contribution in [2.45, 2.75) is 30.9 Å². The van der Waals surface area contributed by atoms with Crippen LogP contribution >= 0.6 is 34.7 Å². The zero-order chi connectivity index (χ0) is 42.5. The molecule has 0 spiro atoms. The van der Waals surface area contributed by atoms with Crippen LogP contribution in [0.15, 0.2) is 81.5 Å². The highest BCUT2D eigenvalue weighted by molar-refractivity contribution is 8.00. The number of amides is 3. The zero-order valence-corrected chi connectivity index (χ0v) is 32.8. The first-order chi connectivity index (χ1) is 27.4. The predicted molar refractivity (Wildman–Crippen MR) is 210 cm³/mol. The summed E-state index contributed by atoms with van der Waals surface area (Å²) < 4.78 is 2.02. The predicted octanol–water partition coefficient (Wildman–Crippen LogP) is -0.281. The minimum absolute atomic E-state index is 0.0199. The van der Waals surface area contributed by atoms with Gasteiger partial charge in [0.25, 0.3) is 17.7 Å². The number of hydrogen-bond donors (Lipinski definition) is 9. The second-order valence-corrected chi connectivity index (χ2v) is 15.5. The molecule has 0 radical (unpaired) electrons. The van der Waals surface area contributed by atoms with Gasteiger partial charge in [-0.05, 0) is 31.6 Å². The maximum atomic E-state index is 13.5. The van der Waals surface area contributed by atoms with Crippen LogP contribution in [-0.2, 0) is 24.0 Å². The summed E-state index contributed by atoms with van der Waals surface area (Å²) in [6, 6.07) is -0.404. The fraction of sp³-hybridized carbons (Fsp3) is 0.265. The molecule has 5 heterocycles. The number of allylic oxidation sites excluding steroid dienone is 5. The number of carbonyl (C=O) groups is 5. The van der Waals surface area contributed by atoms with Crippen LogP contribution in [0.5, 0.6) is 5.75 Å². The molecule has 3 aliphatic rings. The number of aliphatic carboxylic acids is 2. The van der Waals surface area contributed by atoms with Crippen LogP contribution in [0.2, 0.25) is 4.34 Å². The molecule has 11 N–H and O–H groups in total. The van der Waals surface area contributed by atoms with E-state index in [0.29, 0.717) is 27.9 Å². The molecule has 3 aliphatic heterocycles. The van der Waals surface area contributed by atoms with E-state index < -0.39 is 63.6 Å². The highest BCUT2D eigenvalue weighted by Gasteiger charge is 2.54. The standard InChI is InChI=1S/C34H35ClN10O11S2/c1-34(2,32(53)54)56-42-23(22-26(35)58-33(37)41-22)28(49)40-24-29(50)45-25(31(51)52)16(15-57-30(24)45)6-5-11-43-10-4-3-7-17(36)18(13-43)38-8-9-39-27(48)19-12-20(46)21(47)14-44(19)55/h3-7,10,12-14,24,30,36,38,55H,8-9,11,15H2,1-2H3,(H7,37,39,40,41,47,48,49,51,52,53,54)/p+1/b6-5+,7-3+,10-4?,18-13?,42-23-/t24-,30?/m1/s1. The highest BCUT2D eigenvalue weighted by Crippen LogP contribution is 2.41. The van der Waals surface area contributed by atoms with Crippen LogP contribution < -0.4 is 32.8 Å². The van der Waals surface area contributed by atoms with Crippen molar-refractivity contribution in [3.63, 3.8) is 0 Å². The Labute approximate surface area is 340 Å². The van der Waals surface area contributed by atoms with Gasteiger partial charge >= 0.3 is 11.9 Å². The molecule has 0 aromatic carbocycles. The number of carbonyl (C=O) groups excluding carboxylic acids is 3. The molecule has 0 saturated carbocycles. The van der Waals surface area contributed by atoms with E-state index in [1.54, 1.807) is 47.4 Å². The molecule has 5 rings (SSSR count). The third kappa shape index (κ3) is 9.50. The van der Waals surface area contributed by atoms with E-state index in [0.717, 1.165) is 22.3 Å². The van der Waals surface area contributed by atoms with Gasteiger partial charge in [-0.25, -0.2) is 14.6 Å². The van der Waals surface area contributed by atoms with Gasteiger partial charge in [-0.15, -0.1) is 11.8 Å². The van der Waals surface area contributed by atoms with Crippen molar-refractivity contribution in [1.82, 2.24) is 30.6 Å². The van der Waals surface area contributed by atoms with Gasteiger partial charge in [0, 0.05) is 31.0 Å². The average molecular weight is 860 g/mol. The first-order valence-electron chi connectivity index (χ1n) is 16.8. The number of nitrogens with zero attached hydrogens (tertiary/aromatic N) is 5. The minimum Gasteiger partial charge on any atom is -0.503 e. The molecule has 1 fully saturated rings. The van der Waals surface area contributed by atoms with E-state index in [1.807, 2.05) is 0 Å². The lowest BCUT2D eigenvalue weighted by Gasteiger charge is -2.49. The van der Waals surface area contributed by atoms with Crippen molar-refractivity contribution in [3.05, 3.63) is 97.5 Å². The van der Waals surface area contributed by atoms with Crippen molar-refractivity contribution < 1.29 is 53.9 Å². The number of anilines is 1. The Morgan fingerprint density at radius 1 is 1.19 bits per heavy atom. The molecule has 58 heavy (non-hydrogen) atoms. The van der Waals surface area contributed by atoms with E-state index in [2.05, 4.69) is 26.1 Å². The van der Waals surface area contributed by atoms with Crippen molar-refractivity contribution in [2.75, 3.05) is 31.1 Å². The molecule has 1 saturated heterocycles. The summed E-state index contributed by atoms with van der Waals surface area (Å²) in [4.78, 5) is 85.2. The number of carboxylic acids is 2.